The lowest BCUT2D eigenvalue weighted by Gasteiger charge is -2.43. The van der Waals surface area contributed by atoms with Crippen LogP contribution in [0.4, 0.5) is 0 Å². The van der Waals surface area contributed by atoms with E-state index in [2.05, 4.69) is 36.4 Å². The molecule has 8 heteroatoms. The Kier molecular flexibility index (Phi) is 9.64. The van der Waals surface area contributed by atoms with E-state index in [0.717, 1.165) is 40.2 Å². The van der Waals surface area contributed by atoms with Crippen molar-refractivity contribution in [2.45, 2.75) is 28.6 Å². The number of methoxy groups -OCH3 is 3. The van der Waals surface area contributed by atoms with Crippen LogP contribution in [0.2, 0.25) is 0 Å². The molecular weight excluding hydrogens is 605 g/mol. The van der Waals surface area contributed by atoms with E-state index in [4.69, 9.17) is 23.7 Å². The Bertz CT molecular complexity index is 1450. The number of hydrogen-bond donors (Lipinski definition) is 0. The van der Waals surface area contributed by atoms with Crippen LogP contribution in [0.25, 0.3) is 0 Å². The zero-order valence-electron chi connectivity index (χ0n) is 25.8. The SMILES string of the molecule is COc1cc(C2(C3CC(=O)OC3COC(c3ccccc3)(c3ccccc3)c3ccccc3)SCCCS2)cc(OC)c1OC. The summed E-state index contributed by atoms with van der Waals surface area (Å²) in [6, 6.07) is 34.9. The van der Waals surface area contributed by atoms with Crippen LogP contribution >= 0.6 is 23.5 Å². The van der Waals surface area contributed by atoms with Gasteiger partial charge in [-0.05, 0) is 52.3 Å². The average molecular weight is 643 g/mol. The fraction of sp³-hybridized carbons (Fsp3) is 0.324. The van der Waals surface area contributed by atoms with Gasteiger partial charge >= 0.3 is 5.97 Å². The lowest BCUT2D eigenvalue weighted by Crippen LogP contribution is -2.42. The third-order valence-electron chi connectivity index (χ3n) is 8.60. The highest BCUT2D eigenvalue weighted by molar-refractivity contribution is 8.18. The molecule has 0 spiro atoms. The molecule has 2 fully saturated rings. The smallest absolute Gasteiger partial charge is 0.306 e. The fourth-order valence-corrected chi connectivity index (χ4v) is 10.2. The maximum atomic E-state index is 13.2. The monoisotopic (exact) mass is 642 g/mol. The van der Waals surface area contributed by atoms with E-state index >= 15 is 0 Å². The van der Waals surface area contributed by atoms with Crippen molar-refractivity contribution in [2.75, 3.05) is 39.4 Å². The summed E-state index contributed by atoms with van der Waals surface area (Å²) in [4.78, 5) is 13.2. The Morgan fingerprint density at radius 1 is 0.756 bits per heavy atom. The normalized spacial score (nSPS) is 19.5. The lowest BCUT2D eigenvalue weighted by atomic mass is 9.80. The van der Waals surface area contributed by atoms with Crippen molar-refractivity contribution < 1.29 is 28.5 Å². The maximum Gasteiger partial charge on any atom is 0.306 e. The van der Waals surface area contributed by atoms with E-state index < -0.39 is 15.8 Å². The van der Waals surface area contributed by atoms with Gasteiger partial charge in [0.1, 0.15) is 11.7 Å². The van der Waals surface area contributed by atoms with Gasteiger partial charge in [-0.2, -0.15) is 0 Å². The minimum absolute atomic E-state index is 0.164. The summed E-state index contributed by atoms with van der Waals surface area (Å²) in [5.74, 6) is 3.27. The van der Waals surface area contributed by atoms with Gasteiger partial charge < -0.3 is 23.7 Å². The standard InChI is InChI=1S/C37H38O6S2/c1-39-31-22-29(23-32(40-2)35(31)41-3)37(44-20-13-21-45-37)30-24-34(38)43-33(30)25-42-36(26-14-7-4-8-15-26,27-16-9-5-10-17-27)28-18-11-6-12-19-28/h4-12,14-19,22-23,30,33H,13,20-21,24-25H2,1-3H3. The van der Waals surface area contributed by atoms with E-state index in [1.165, 1.54) is 0 Å². The molecule has 0 radical (unpaired) electrons. The minimum atomic E-state index is -0.921. The number of ether oxygens (including phenoxy) is 5. The molecule has 6 rings (SSSR count). The largest absolute Gasteiger partial charge is 0.493 e. The van der Waals surface area contributed by atoms with Gasteiger partial charge in [0.2, 0.25) is 5.75 Å². The molecule has 4 aromatic rings. The third kappa shape index (κ3) is 5.91. The second-order valence-corrected chi connectivity index (χ2v) is 14.0. The highest BCUT2D eigenvalue weighted by Gasteiger charge is 2.53. The topological polar surface area (TPSA) is 63.2 Å². The van der Waals surface area contributed by atoms with Crippen LogP contribution in [0.3, 0.4) is 0 Å². The quantitative estimate of drug-likeness (QED) is 0.122. The first kappa shape index (κ1) is 31.4. The van der Waals surface area contributed by atoms with Gasteiger partial charge in [-0.15, -0.1) is 23.5 Å². The summed E-state index contributed by atoms with van der Waals surface area (Å²) < 4.78 is 30.0. The van der Waals surface area contributed by atoms with Gasteiger partial charge in [0.05, 0.1) is 38.4 Å². The van der Waals surface area contributed by atoms with Gasteiger partial charge in [0, 0.05) is 5.92 Å². The molecule has 2 aliphatic rings. The lowest BCUT2D eigenvalue weighted by molar-refractivity contribution is -0.145. The first-order chi connectivity index (χ1) is 22.1. The number of benzene rings is 4. The van der Waals surface area contributed by atoms with E-state index in [0.29, 0.717) is 23.7 Å². The van der Waals surface area contributed by atoms with Gasteiger partial charge in [0.15, 0.2) is 11.5 Å². The average Bonchev–Trinajstić information content (AvgIpc) is 3.50. The fourth-order valence-electron chi connectivity index (χ4n) is 6.54. The molecule has 0 aliphatic carbocycles. The molecule has 0 saturated carbocycles. The first-order valence-electron chi connectivity index (χ1n) is 15.1. The third-order valence-corrected chi connectivity index (χ3v) is 12.2. The number of hydrogen-bond acceptors (Lipinski definition) is 8. The summed E-state index contributed by atoms with van der Waals surface area (Å²) in [5, 5.41) is 0. The number of esters is 1. The van der Waals surface area contributed by atoms with Crippen molar-refractivity contribution in [3.05, 3.63) is 125 Å². The van der Waals surface area contributed by atoms with Crippen molar-refractivity contribution in [1.82, 2.24) is 0 Å². The van der Waals surface area contributed by atoms with Crippen LogP contribution < -0.4 is 14.2 Å². The van der Waals surface area contributed by atoms with Crippen LogP contribution in [0.5, 0.6) is 17.2 Å². The maximum absolute atomic E-state index is 13.2. The highest BCUT2D eigenvalue weighted by atomic mass is 32.2. The summed E-state index contributed by atoms with van der Waals surface area (Å²) in [7, 11) is 4.86. The minimum Gasteiger partial charge on any atom is -0.493 e. The van der Waals surface area contributed by atoms with Crippen molar-refractivity contribution in [2.24, 2.45) is 5.92 Å². The molecule has 45 heavy (non-hydrogen) atoms. The van der Waals surface area contributed by atoms with E-state index in [9.17, 15) is 4.79 Å². The van der Waals surface area contributed by atoms with Crippen LogP contribution in [0.1, 0.15) is 35.1 Å². The van der Waals surface area contributed by atoms with Crippen LogP contribution in [0, 0.1) is 5.92 Å². The van der Waals surface area contributed by atoms with E-state index in [-0.39, 0.29) is 18.5 Å². The predicted molar refractivity (Wildman–Crippen MR) is 180 cm³/mol. The van der Waals surface area contributed by atoms with Crippen LogP contribution in [-0.4, -0.2) is 51.5 Å². The summed E-state index contributed by atoms with van der Waals surface area (Å²) in [5.41, 5.74) is 3.10. The predicted octanol–water partition coefficient (Wildman–Crippen LogP) is 7.68. The molecule has 2 atom stereocenters. The number of carbonyl (C=O) groups is 1. The Labute approximate surface area is 273 Å². The van der Waals surface area contributed by atoms with Crippen LogP contribution in [-0.2, 0) is 23.9 Å². The molecule has 2 saturated heterocycles. The highest BCUT2D eigenvalue weighted by Crippen LogP contribution is 2.60. The van der Waals surface area contributed by atoms with Gasteiger partial charge in [-0.3, -0.25) is 4.79 Å². The van der Waals surface area contributed by atoms with Crippen molar-refractivity contribution in [3.8, 4) is 17.2 Å². The first-order valence-corrected chi connectivity index (χ1v) is 17.1. The van der Waals surface area contributed by atoms with Gasteiger partial charge in [0.25, 0.3) is 0 Å². The number of rotatable bonds is 11. The second-order valence-electron chi connectivity index (χ2n) is 11.1. The molecule has 0 N–H and O–H groups in total. The molecule has 6 nitrogen and oxygen atoms in total. The zero-order valence-corrected chi connectivity index (χ0v) is 27.4. The molecule has 234 valence electrons. The molecule has 2 unspecified atom stereocenters. The summed E-state index contributed by atoms with van der Waals surface area (Å²) >= 11 is 3.73. The summed E-state index contributed by atoms with van der Waals surface area (Å²) in [6.07, 6.45) is 0.897. The van der Waals surface area contributed by atoms with Crippen LogP contribution in [0.15, 0.2) is 103 Å². The molecule has 2 heterocycles. The molecule has 2 aliphatic heterocycles. The van der Waals surface area contributed by atoms with Crippen molar-refractivity contribution in [1.29, 1.82) is 0 Å². The molecule has 0 aromatic heterocycles. The molecule has 0 bridgehead atoms. The Balaban J connectivity index is 1.44. The van der Waals surface area contributed by atoms with Crippen molar-refractivity contribution in [3.63, 3.8) is 0 Å². The van der Waals surface area contributed by atoms with Gasteiger partial charge in [-0.25, -0.2) is 0 Å². The number of carbonyl (C=O) groups excluding carboxylic acids is 1. The Morgan fingerprint density at radius 2 is 1.24 bits per heavy atom. The summed E-state index contributed by atoms with van der Waals surface area (Å²) in [6.45, 7) is 0.211. The zero-order chi connectivity index (χ0) is 31.3. The van der Waals surface area contributed by atoms with Gasteiger partial charge in [-0.1, -0.05) is 91.0 Å². The van der Waals surface area contributed by atoms with Crippen molar-refractivity contribution >= 4 is 29.5 Å². The van der Waals surface area contributed by atoms with E-state index in [1.54, 1.807) is 21.3 Å². The Morgan fingerprint density at radius 3 is 1.69 bits per heavy atom. The number of cyclic esters (lactones) is 1. The second kappa shape index (κ2) is 13.8. The Hall–Kier alpha value is -3.59. The molecule has 4 aromatic carbocycles. The molecule has 0 amide bonds. The molecular formula is C37H38O6S2. The van der Waals surface area contributed by atoms with E-state index in [1.807, 2.05) is 90.3 Å². The number of thioether (sulfide) groups is 2.